The van der Waals surface area contributed by atoms with Gasteiger partial charge in [0.25, 0.3) is 0 Å². The van der Waals surface area contributed by atoms with Crippen LogP contribution in [0.2, 0.25) is 5.15 Å². The predicted octanol–water partition coefficient (Wildman–Crippen LogP) is 3.53. The van der Waals surface area contributed by atoms with Crippen molar-refractivity contribution < 1.29 is 17.9 Å². The van der Waals surface area contributed by atoms with E-state index in [2.05, 4.69) is 16.1 Å². The van der Waals surface area contributed by atoms with Crippen LogP contribution in [-0.4, -0.2) is 67.2 Å². The Bertz CT molecular complexity index is 1380. The number of nitriles is 1. The smallest absolute Gasteiger partial charge is 0.248 e. The van der Waals surface area contributed by atoms with Gasteiger partial charge < -0.3 is 9.47 Å². The van der Waals surface area contributed by atoms with Crippen molar-refractivity contribution in [1.29, 1.82) is 5.26 Å². The van der Waals surface area contributed by atoms with Crippen molar-refractivity contribution in [3.63, 3.8) is 0 Å². The van der Waals surface area contributed by atoms with Crippen molar-refractivity contribution in [2.24, 2.45) is 7.05 Å². The zero-order valence-electron chi connectivity index (χ0n) is 21.1. The quantitative estimate of drug-likeness (QED) is 0.407. The fourth-order valence-corrected chi connectivity index (χ4v) is 6.52. The number of hydrogen-bond acceptors (Lipinski definition) is 7. The van der Waals surface area contributed by atoms with E-state index in [0.717, 1.165) is 16.9 Å². The fourth-order valence-electron chi connectivity index (χ4n) is 4.39. The molecule has 0 N–H and O–H groups in total. The molecule has 1 aliphatic heterocycles. The Kier molecular flexibility index (Phi) is 8.52. The highest BCUT2D eigenvalue weighted by molar-refractivity contribution is 7.89. The maximum atomic E-state index is 13.3. The number of aromatic nitrogens is 2. The molecular weight excluding hydrogens is 514 g/mol. The number of sulfonamides is 1. The van der Waals surface area contributed by atoms with Gasteiger partial charge in [-0.1, -0.05) is 35.9 Å². The summed E-state index contributed by atoms with van der Waals surface area (Å²) >= 11 is 6.25. The molecule has 1 atom stereocenters. The Morgan fingerprint density at radius 1 is 1.14 bits per heavy atom. The maximum Gasteiger partial charge on any atom is 0.248 e. The first-order valence-electron chi connectivity index (χ1n) is 11.9. The van der Waals surface area contributed by atoms with Gasteiger partial charge in [-0.25, -0.2) is 8.42 Å². The molecule has 0 radical (unpaired) electrons. The molecule has 0 spiro atoms. The van der Waals surface area contributed by atoms with Crippen molar-refractivity contribution in [2.45, 2.75) is 24.5 Å². The molecule has 1 aliphatic rings. The monoisotopic (exact) mass is 543 g/mol. The normalized spacial score (nSPS) is 15.9. The van der Waals surface area contributed by atoms with E-state index >= 15 is 0 Å². The molecule has 0 aliphatic carbocycles. The molecule has 4 rings (SSSR count). The summed E-state index contributed by atoms with van der Waals surface area (Å²) in [4.78, 5) is 2.28. The molecule has 11 heteroatoms. The molecule has 0 saturated carbocycles. The first-order chi connectivity index (χ1) is 17.7. The molecule has 196 valence electrons. The minimum Gasteiger partial charge on any atom is -0.497 e. The molecule has 9 nitrogen and oxygen atoms in total. The number of benzene rings is 2. The summed E-state index contributed by atoms with van der Waals surface area (Å²) in [5.74, 6) is 0.740. The topological polar surface area (TPSA) is 101 Å². The lowest BCUT2D eigenvalue weighted by Crippen LogP contribution is -2.49. The highest BCUT2D eigenvalue weighted by atomic mass is 35.5. The molecule has 1 fully saturated rings. The van der Waals surface area contributed by atoms with Crippen molar-refractivity contribution >= 4 is 21.6 Å². The van der Waals surface area contributed by atoms with E-state index < -0.39 is 10.0 Å². The first-order valence-corrected chi connectivity index (χ1v) is 13.7. The molecule has 1 saturated heterocycles. The van der Waals surface area contributed by atoms with Gasteiger partial charge in [-0.3, -0.25) is 9.58 Å². The number of rotatable bonds is 9. The molecule has 37 heavy (non-hydrogen) atoms. The van der Waals surface area contributed by atoms with Crippen LogP contribution in [0.4, 0.5) is 0 Å². The van der Waals surface area contributed by atoms with E-state index in [4.69, 9.17) is 26.3 Å². The highest BCUT2D eigenvalue weighted by Crippen LogP contribution is 2.29. The third-order valence-corrected chi connectivity index (χ3v) is 9.05. The van der Waals surface area contributed by atoms with E-state index in [1.807, 2.05) is 36.4 Å². The van der Waals surface area contributed by atoms with Gasteiger partial charge in [0.05, 0.1) is 37.1 Å². The molecular formula is C26H30ClN5O4S. The van der Waals surface area contributed by atoms with Gasteiger partial charge in [-0.2, -0.15) is 14.7 Å². The number of nitrogens with zero attached hydrogens (tertiary/aromatic N) is 5. The molecule has 0 amide bonds. The summed E-state index contributed by atoms with van der Waals surface area (Å²) in [6.07, 6.45) is -0.260. The zero-order valence-corrected chi connectivity index (χ0v) is 22.7. The average Bonchev–Trinajstić information content (AvgIpc) is 3.18. The zero-order chi connectivity index (χ0) is 26.6. The van der Waals surface area contributed by atoms with Crippen molar-refractivity contribution in [2.75, 3.05) is 39.8 Å². The first kappa shape index (κ1) is 27.1. The van der Waals surface area contributed by atoms with Crippen LogP contribution in [0.3, 0.4) is 0 Å². The highest BCUT2D eigenvalue weighted by Gasteiger charge is 2.34. The fraction of sp³-hybridized carbons (Fsp3) is 0.385. The van der Waals surface area contributed by atoms with Crippen LogP contribution in [0, 0.1) is 18.3 Å². The summed E-state index contributed by atoms with van der Waals surface area (Å²) in [5, 5.41) is 13.3. The molecule has 3 aromatic rings. The van der Waals surface area contributed by atoms with Gasteiger partial charge in [-0.05, 0) is 42.3 Å². The second-order valence-electron chi connectivity index (χ2n) is 8.92. The van der Waals surface area contributed by atoms with Crippen molar-refractivity contribution in [3.05, 3.63) is 76.1 Å². The number of ether oxygens (including phenoxy) is 2. The Morgan fingerprint density at radius 2 is 1.84 bits per heavy atom. The summed E-state index contributed by atoms with van der Waals surface area (Å²) < 4.78 is 41.2. The standard InChI is InChI=1S/C26H30ClN5O4S/c1-19-25(26(27)30(2)29-19)37(33,34)32-13-11-31(12-14-32)17-24(22-5-4-6-23(15-22)35-3)36-18-21-9-7-20(16-28)8-10-21/h4-10,15,24H,11-14,17-18H2,1-3H3/t24-/m1/s1. The largest absolute Gasteiger partial charge is 0.497 e. The van der Waals surface area contributed by atoms with Crippen LogP contribution in [0.25, 0.3) is 0 Å². The third kappa shape index (κ3) is 6.14. The van der Waals surface area contributed by atoms with E-state index in [9.17, 15) is 8.42 Å². The maximum absolute atomic E-state index is 13.3. The number of halogens is 1. The second kappa shape index (κ2) is 11.6. The van der Waals surface area contributed by atoms with Gasteiger partial charge in [0.2, 0.25) is 10.0 Å². The lowest BCUT2D eigenvalue weighted by Gasteiger charge is -2.35. The summed E-state index contributed by atoms with van der Waals surface area (Å²) in [6, 6.07) is 17.2. The number of hydrogen-bond donors (Lipinski definition) is 0. The number of aryl methyl sites for hydroxylation is 2. The lowest BCUT2D eigenvalue weighted by molar-refractivity contribution is 0.00763. The van der Waals surface area contributed by atoms with E-state index in [1.165, 1.54) is 8.99 Å². The average molecular weight is 544 g/mol. The lowest BCUT2D eigenvalue weighted by atomic mass is 10.1. The van der Waals surface area contributed by atoms with E-state index in [-0.39, 0.29) is 16.2 Å². The van der Waals surface area contributed by atoms with Crippen LogP contribution < -0.4 is 4.74 Å². The summed E-state index contributed by atoms with van der Waals surface area (Å²) in [6.45, 7) is 4.40. The van der Waals surface area contributed by atoms with Gasteiger partial charge in [0.1, 0.15) is 15.8 Å². The Balaban J connectivity index is 1.45. The van der Waals surface area contributed by atoms with Crippen molar-refractivity contribution in [3.8, 4) is 11.8 Å². The Labute approximate surface area is 222 Å². The number of piperazine rings is 1. The van der Waals surface area contributed by atoms with E-state index in [1.54, 1.807) is 33.2 Å². The second-order valence-corrected chi connectivity index (χ2v) is 11.2. The van der Waals surface area contributed by atoms with Crippen LogP contribution in [0.1, 0.15) is 28.5 Å². The van der Waals surface area contributed by atoms with Gasteiger partial charge >= 0.3 is 0 Å². The van der Waals surface area contributed by atoms with E-state index in [0.29, 0.717) is 50.6 Å². The van der Waals surface area contributed by atoms with Crippen LogP contribution >= 0.6 is 11.6 Å². The third-order valence-electron chi connectivity index (χ3n) is 6.45. The van der Waals surface area contributed by atoms with Gasteiger partial charge in [-0.15, -0.1) is 0 Å². The SMILES string of the molecule is COc1cccc([C@@H](CN2CCN(S(=O)(=O)c3c(C)nn(C)c3Cl)CC2)OCc2ccc(C#N)cc2)c1. The summed E-state index contributed by atoms with van der Waals surface area (Å²) in [5.41, 5.74) is 2.93. The molecule has 1 aromatic heterocycles. The van der Waals surface area contributed by atoms with Crippen LogP contribution in [0.5, 0.6) is 5.75 Å². The minimum atomic E-state index is -3.75. The van der Waals surface area contributed by atoms with Gasteiger partial charge in [0, 0.05) is 39.8 Å². The molecule has 2 heterocycles. The minimum absolute atomic E-state index is 0.0742. The van der Waals surface area contributed by atoms with Crippen molar-refractivity contribution in [1.82, 2.24) is 19.0 Å². The van der Waals surface area contributed by atoms with Crippen LogP contribution in [0.15, 0.2) is 53.4 Å². The predicted molar refractivity (Wildman–Crippen MR) is 140 cm³/mol. The molecule has 0 bridgehead atoms. The molecule has 0 unspecified atom stereocenters. The van der Waals surface area contributed by atoms with Crippen LogP contribution in [-0.2, 0) is 28.4 Å². The Hall–Kier alpha value is -2.94. The summed E-state index contributed by atoms with van der Waals surface area (Å²) in [7, 11) is -0.492. The molecule has 2 aromatic carbocycles. The van der Waals surface area contributed by atoms with Gasteiger partial charge in [0.15, 0.2) is 0 Å². The number of methoxy groups -OCH3 is 1. The Morgan fingerprint density at radius 3 is 2.43 bits per heavy atom.